The molecule has 2 nitrogen and oxygen atoms in total. The van der Waals surface area contributed by atoms with E-state index in [1.807, 2.05) is 32.0 Å². The van der Waals surface area contributed by atoms with Crippen LogP contribution in [0.4, 0.5) is 15.8 Å². The van der Waals surface area contributed by atoms with Crippen LogP contribution < -0.4 is 10.6 Å². The summed E-state index contributed by atoms with van der Waals surface area (Å²) in [6.45, 7) is 4.01. The van der Waals surface area contributed by atoms with Gasteiger partial charge >= 0.3 is 0 Å². The first kappa shape index (κ1) is 14.8. The van der Waals surface area contributed by atoms with Gasteiger partial charge in [0.1, 0.15) is 5.82 Å². The van der Waals surface area contributed by atoms with E-state index >= 15 is 0 Å². The molecule has 20 heavy (non-hydrogen) atoms. The number of anilines is 2. The average molecular weight is 309 g/mol. The van der Waals surface area contributed by atoms with Gasteiger partial charge in [0.15, 0.2) is 5.11 Å². The second kappa shape index (κ2) is 6.20. The molecule has 0 bridgehead atoms. The minimum Gasteiger partial charge on any atom is -0.332 e. The van der Waals surface area contributed by atoms with Crippen molar-refractivity contribution in [2.75, 3.05) is 10.6 Å². The third-order valence-electron chi connectivity index (χ3n) is 2.82. The Bertz CT molecular complexity index is 658. The molecule has 0 atom stereocenters. The second-order valence-electron chi connectivity index (χ2n) is 4.52. The van der Waals surface area contributed by atoms with Crippen molar-refractivity contribution in [3.8, 4) is 0 Å². The molecule has 0 unspecified atom stereocenters. The van der Waals surface area contributed by atoms with Gasteiger partial charge in [-0.15, -0.1) is 0 Å². The lowest BCUT2D eigenvalue weighted by Crippen LogP contribution is -2.20. The molecule has 0 aliphatic rings. The highest BCUT2D eigenvalue weighted by molar-refractivity contribution is 7.80. The van der Waals surface area contributed by atoms with Crippen LogP contribution in [-0.4, -0.2) is 5.11 Å². The maximum Gasteiger partial charge on any atom is 0.175 e. The number of benzene rings is 2. The molecule has 0 saturated heterocycles. The van der Waals surface area contributed by atoms with E-state index in [0.29, 0.717) is 10.8 Å². The van der Waals surface area contributed by atoms with E-state index in [-0.39, 0.29) is 10.8 Å². The van der Waals surface area contributed by atoms with Gasteiger partial charge in [0.2, 0.25) is 0 Å². The normalized spacial score (nSPS) is 10.2. The second-order valence-corrected chi connectivity index (χ2v) is 5.34. The number of aryl methyl sites for hydroxylation is 2. The van der Waals surface area contributed by atoms with Crippen molar-refractivity contribution in [3.05, 3.63) is 58.4 Å². The molecule has 5 heteroatoms. The van der Waals surface area contributed by atoms with Gasteiger partial charge in [-0.05, 0) is 61.5 Å². The fourth-order valence-corrected chi connectivity index (χ4v) is 2.17. The van der Waals surface area contributed by atoms with Gasteiger partial charge in [-0.2, -0.15) is 0 Å². The molecule has 0 aliphatic carbocycles. The topological polar surface area (TPSA) is 24.1 Å². The summed E-state index contributed by atoms with van der Waals surface area (Å²) in [4.78, 5) is 0. The van der Waals surface area contributed by atoms with Gasteiger partial charge in [-0.1, -0.05) is 23.7 Å². The highest BCUT2D eigenvalue weighted by atomic mass is 35.5. The van der Waals surface area contributed by atoms with E-state index in [2.05, 4.69) is 10.6 Å². The minimum atomic E-state index is -0.381. The first-order chi connectivity index (χ1) is 9.45. The van der Waals surface area contributed by atoms with Crippen molar-refractivity contribution < 1.29 is 4.39 Å². The van der Waals surface area contributed by atoms with Crippen LogP contribution >= 0.6 is 23.8 Å². The number of thiocarbonyl (C=S) groups is 1. The SMILES string of the molecule is Cc1ccc(C)c(NC(=S)Nc2ccc(F)cc2Cl)c1. The molecule has 0 fully saturated rings. The van der Waals surface area contributed by atoms with Crippen molar-refractivity contribution in [2.45, 2.75) is 13.8 Å². The lowest BCUT2D eigenvalue weighted by molar-refractivity contribution is 0.628. The molecule has 0 spiro atoms. The Hall–Kier alpha value is -1.65. The molecule has 0 aromatic heterocycles. The fourth-order valence-electron chi connectivity index (χ4n) is 1.74. The van der Waals surface area contributed by atoms with Crippen LogP contribution in [-0.2, 0) is 0 Å². The lowest BCUT2D eigenvalue weighted by atomic mass is 10.1. The lowest BCUT2D eigenvalue weighted by Gasteiger charge is -2.14. The van der Waals surface area contributed by atoms with Crippen LogP contribution in [0.5, 0.6) is 0 Å². The Labute approximate surface area is 128 Å². The molecule has 0 amide bonds. The zero-order valence-corrected chi connectivity index (χ0v) is 12.7. The first-order valence-corrected chi connectivity index (χ1v) is 6.84. The zero-order chi connectivity index (χ0) is 14.7. The maximum atomic E-state index is 13.0. The molecule has 0 heterocycles. The maximum absolute atomic E-state index is 13.0. The van der Waals surface area contributed by atoms with Gasteiger partial charge < -0.3 is 10.6 Å². The number of hydrogen-bond donors (Lipinski definition) is 2. The van der Waals surface area contributed by atoms with Crippen molar-refractivity contribution in [1.82, 2.24) is 0 Å². The van der Waals surface area contributed by atoms with Crippen LogP contribution in [0.2, 0.25) is 5.02 Å². The van der Waals surface area contributed by atoms with Crippen molar-refractivity contribution in [3.63, 3.8) is 0 Å². The largest absolute Gasteiger partial charge is 0.332 e. The Morgan fingerprint density at radius 3 is 2.45 bits per heavy atom. The molecule has 0 saturated carbocycles. The van der Waals surface area contributed by atoms with Crippen LogP contribution in [0.25, 0.3) is 0 Å². The van der Waals surface area contributed by atoms with Crippen molar-refractivity contribution in [1.29, 1.82) is 0 Å². The van der Waals surface area contributed by atoms with Crippen LogP contribution in [0.3, 0.4) is 0 Å². The molecule has 0 radical (unpaired) electrons. The number of rotatable bonds is 2. The molecule has 104 valence electrons. The van der Waals surface area contributed by atoms with Gasteiger partial charge in [-0.3, -0.25) is 0 Å². The smallest absolute Gasteiger partial charge is 0.175 e. The molecular formula is C15H14ClFN2S. The van der Waals surface area contributed by atoms with E-state index in [4.69, 9.17) is 23.8 Å². The Balaban J connectivity index is 2.11. The Kier molecular flexibility index (Phi) is 4.57. The van der Waals surface area contributed by atoms with Gasteiger partial charge in [0.25, 0.3) is 0 Å². The van der Waals surface area contributed by atoms with E-state index < -0.39 is 0 Å². The number of halogens is 2. The predicted octanol–water partition coefficient (Wildman–Crippen LogP) is 4.90. The number of hydrogen-bond acceptors (Lipinski definition) is 1. The fraction of sp³-hybridized carbons (Fsp3) is 0.133. The predicted molar refractivity (Wildman–Crippen MR) is 87.2 cm³/mol. The van der Waals surface area contributed by atoms with E-state index in [1.54, 1.807) is 6.07 Å². The van der Waals surface area contributed by atoms with Crippen molar-refractivity contribution >= 4 is 40.3 Å². The standard InChI is InChI=1S/C15H14ClFN2S/c1-9-3-4-10(2)14(7-9)19-15(20)18-13-6-5-11(17)8-12(13)16/h3-8H,1-2H3,(H2,18,19,20). The Morgan fingerprint density at radius 1 is 1.05 bits per heavy atom. The molecule has 2 rings (SSSR count). The number of nitrogens with one attached hydrogen (secondary N) is 2. The molecule has 2 aromatic rings. The van der Waals surface area contributed by atoms with E-state index in [1.165, 1.54) is 12.1 Å². The van der Waals surface area contributed by atoms with Crippen LogP contribution in [0.15, 0.2) is 36.4 Å². The summed E-state index contributed by atoms with van der Waals surface area (Å²) in [5, 5.41) is 6.76. The third-order valence-corrected chi connectivity index (χ3v) is 3.34. The molecule has 2 N–H and O–H groups in total. The van der Waals surface area contributed by atoms with Gasteiger partial charge in [-0.25, -0.2) is 4.39 Å². The van der Waals surface area contributed by atoms with Crippen molar-refractivity contribution in [2.24, 2.45) is 0 Å². The summed E-state index contributed by atoms with van der Waals surface area (Å²) in [7, 11) is 0. The minimum absolute atomic E-state index is 0.287. The highest BCUT2D eigenvalue weighted by Gasteiger charge is 2.06. The molecule has 2 aromatic carbocycles. The molecular weight excluding hydrogens is 295 g/mol. The van der Waals surface area contributed by atoms with E-state index in [9.17, 15) is 4.39 Å². The van der Waals surface area contributed by atoms with Crippen LogP contribution in [0.1, 0.15) is 11.1 Å². The Morgan fingerprint density at radius 2 is 1.75 bits per heavy atom. The van der Waals surface area contributed by atoms with Gasteiger partial charge in [0.05, 0.1) is 10.7 Å². The summed E-state index contributed by atoms with van der Waals surface area (Å²) in [5.41, 5.74) is 3.72. The summed E-state index contributed by atoms with van der Waals surface area (Å²) in [5.74, 6) is -0.381. The average Bonchev–Trinajstić information content (AvgIpc) is 2.37. The summed E-state index contributed by atoms with van der Waals surface area (Å²) in [6.07, 6.45) is 0. The quantitative estimate of drug-likeness (QED) is 0.771. The third kappa shape index (κ3) is 3.68. The van der Waals surface area contributed by atoms with Gasteiger partial charge in [0, 0.05) is 5.69 Å². The van der Waals surface area contributed by atoms with Crippen LogP contribution in [0, 0.1) is 19.7 Å². The monoisotopic (exact) mass is 308 g/mol. The van der Waals surface area contributed by atoms with E-state index in [0.717, 1.165) is 16.8 Å². The first-order valence-electron chi connectivity index (χ1n) is 6.06. The summed E-state index contributed by atoms with van der Waals surface area (Å²) >= 11 is 11.2. The molecule has 0 aliphatic heterocycles. The summed E-state index contributed by atoms with van der Waals surface area (Å²) in [6, 6.07) is 10.2. The highest BCUT2D eigenvalue weighted by Crippen LogP contribution is 2.23. The zero-order valence-electron chi connectivity index (χ0n) is 11.1. The summed E-state index contributed by atoms with van der Waals surface area (Å²) < 4.78 is 13.0.